The number of fused-ring (bicyclic) bond motifs is 1. The van der Waals surface area contributed by atoms with Crippen LogP contribution >= 0.6 is 0 Å². The van der Waals surface area contributed by atoms with E-state index in [0.717, 1.165) is 23.9 Å². The van der Waals surface area contributed by atoms with Crippen molar-refractivity contribution in [1.29, 1.82) is 0 Å². The van der Waals surface area contributed by atoms with Gasteiger partial charge in [0.2, 0.25) is 0 Å². The maximum atomic E-state index is 11.0. The largest absolute Gasteiger partial charge is 0.393 e. The van der Waals surface area contributed by atoms with Gasteiger partial charge in [0.15, 0.2) is 0 Å². The SMILES string of the molecule is C=C1CCC(O)C2(C)CC2C=C(C=O)CCC1O. The van der Waals surface area contributed by atoms with Crippen LogP contribution in [0.4, 0.5) is 0 Å². The van der Waals surface area contributed by atoms with Crippen LogP contribution in [-0.4, -0.2) is 28.7 Å². The molecule has 0 amide bonds. The van der Waals surface area contributed by atoms with Gasteiger partial charge in [0, 0.05) is 5.41 Å². The molecule has 2 rings (SSSR count). The van der Waals surface area contributed by atoms with Crippen molar-refractivity contribution in [3.05, 3.63) is 23.8 Å². The lowest BCUT2D eigenvalue weighted by Crippen LogP contribution is -2.21. The Labute approximate surface area is 108 Å². The van der Waals surface area contributed by atoms with Crippen LogP contribution in [0.1, 0.15) is 39.0 Å². The zero-order valence-corrected chi connectivity index (χ0v) is 10.9. The third kappa shape index (κ3) is 2.57. The van der Waals surface area contributed by atoms with Gasteiger partial charge in [-0.25, -0.2) is 0 Å². The molecule has 0 saturated heterocycles. The molecule has 1 fully saturated rings. The van der Waals surface area contributed by atoms with E-state index in [4.69, 9.17) is 0 Å². The van der Waals surface area contributed by atoms with Crippen molar-refractivity contribution >= 4 is 6.29 Å². The molecule has 3 nitrogen and oxygen atoms in total. The van der Waals surface area contributed by atoms with Gasteiger partial charge in [0.1, 0.15) is 6.29 Å². The first-order valence-electron chi connectivity index (χ1n) is 6.67. The molecule has 1 saturated carbocycles. The molecule has 2 aliphatic rings. The number of aldehydes is 1. The number of aliphatic hydroxyl groups is 2. The second-order valence-corrected chi connectivity index (χ2v) is 5.94. The fourth-order valence-electron chi connectivity index (χ4n) is 2.81. The van der Waals surface area contributed by atoms with Crippen molar-refractivity contribution in [2.24, 2.45) is 11.3 Å². The first-order valence-corrected chi connectivity index (χ1v) is 6.67. The van der Waals surface area contributed by atoms with E-state index in [2.05, 4.69) is 13.5 Å². The van der Waals surface area contributed by atoms with E-state index in [-0.39, 0.29) is 11.5 Å². The highest BCUT2D eigenvalue weighted by atomic mass is 16.3. The standard InChI is InChI=1S/C15H22O3/c1-10-3-6-14(18)15(2)8-12(15)7-11(9-16)4-5-13(10)17/h7,9,12-14,17-18H,1,3-6,8H2,2H3. The molecule has 2 aliphatic carbocycles. The molecule has 4 atom stereocenters. The van der Waals surface area contributed by atoms with Crippen LogP contribution in [-0.2, 0) is 4.79 Å². The maximum Gasteiger partial charge on any atom is 0.145 e. The average Bonchev–Trinajstić information content (AvgIpc) is 3.01. The van der Waals surface area contributed by atoms with Gasteiger partial charge in [-0.1, -0.05) is 19.6 Å². The average molecular weight is 250 g/mol. The summed E-state index contributed by atoms with van der Waals surface area (Å²) in [5.74, 6) is 0.302. The molecular weight excluding hydrogens is 228 g/mol. The van der Waals surface area contributed by atoms with Crippen LogP contribution in [0, 0.1) is 11.3 Å². The van der Waals surface area contributed by atoms with Crippen molar-refractivity contribution in [3.8, 4) is 0 Å². The first kappa shape index (κ1) is 13.5. The molecular formula is C15H22O3. The number of hydrogen-bond acceptors (Lipinski definition) is 3. The molecule has 0 aromatic carbocycles. The van der Waals surface area contributed by atoms with Gasteiger partial charge in [-0.05, 0) is 49.2 Å². The minimum absolute atomic E-state index is 0.0934. The third-order valence-corrected chi connectivity index (χ3v) is 4.59. The Morgan fingerprint density at radius 3 is 2.78 bits per heavy atom. The van der Waals surface area contributed by atoms with E-state index < -0.39 is 6.10 Å². The summed E-state index contributed by atoms with van der Waals surface area (Å²) in [5.41, 5.74) is 1.41. The number of carbonyl (C=O) groups excluding carboxylic acids is 1. The Morgan fingerprint density at radius 2 is 2.11 bits per heavy atom. The van der Waals surface area contributed by atoms with Crippen molar-refractivity contribution in [1.82, 2.24) is 0 Å². The van der Waals surface area contributed by atoms with Gasteiger partial charge in [0.25, 0.3) is 0 Å². The highest BCUT2D eigenvalue weighted by molar-refractivity contribution is 5.73. The minimum atomic E-state index is -0.567. The van der Waals surface area contributed by atoms with Gasteiger partial charge >= 0.3 is 0 Å². The van der Waals surface area contributed by atoms with E-state index in [1.165, 1.54) is 0 Å². The zero-order chi connectivity index (χ0) is 13.3. The smallest absolute Gasteiger partial charge is 0.145 e. The van der Waals surface area contributed by atoms with E-state index in [9.17, 15) is 15.0 Å². The fourth-order valence-corrected chi connectivity index (χ4v) is 2.81. The summed E-state index contributed by atoms with van der Waals surface area (Å²) >= 11 is 0. The summed E-state index contributed by atoms with van der Waals surface area (Å²) < 4.78 is 0. The van der Waals surface area contributed by atoms with Crippen molar-refractivity contribution < 1.29 is 15.0 Å². The second-order valence-electron chi connectivity index (χ2n) is 5.94. The Kier molecular flexibility index (Phi) is 3.74. The number of rotatable bonds is 1. The number of carbonyl (C=O) groups is 1. The molecule has 100 valence electrons. The van der Waals surface area contributed by atoms with Crippen molar-refractivity contribution in [2.45, 2.75) is 51.2 Å². The summed E-state index contributed by atoms with van der Waals surface area (Å²) in [4.78, 5) is 11.0. The highest BCUT2D eigenvalue weighted by Crippen LogP contribution is 2.57. The van der Waals surface area contributed by atoms with Crippen LogP contribution in [0.3, 0.4) is 0 Å². The normalized spacial score (nSPS) is 41.4. The number of hydrogen-bond donors (Lipinski definition) is 2. The van der Waals surface area contributed by atoms with Gasteiger partial charge in [0.05, 0.1) is 12.2 Å². The Balaban J connectivity index is 2.17. The maximum absolute atomic E-state index is 11.0. The van der Waals surface area contributed by atoms with Gasteiger partial charge in [-0.3, -0.25) is 4.79 Å². The lowest BCUT2D eigenvalue weighted by atomic mass is 9.92. The summed E-state index contributed by atoms with van der Waals surface area (Å²) in [6.45, 7) is 5.95. The van der Waals surface area contributed by atoms with Crippen LogP contribution in [0.15, 0.2) is 23.8 Å². The summed E-state index contributed by atoms with van der Waals surface area (Å²) in [5, 5.41) is 20.1. The molecule has 3 heteroatoms. The minimum Gasteiger partial charge on any atom is -0.393 e. The Hall–Kier alpha value is -0.930. The molecule has 0 heterocycles. The van der Waals surface area contributed by atoms with Gasteiger partial charge in [-0.2, -0.15) is 0 Å². The summed E-state index contributed by atoms with van der Waals surface area (Å²) in [6, 6.07) is 0. The molecule has 4 unspecified atom stereocenters. The zero-order valence-electron chi connectivity index (χ0n) is 10.9. The molecule has 0 bridgehead atoms. The fraction of sp³-hybridized carbons (Fsp3) is 0.667. The van der Waals surface area contributed by atoms with E-state index in [1.54, 1.807) is 0 Å². The quantitative estimate of drug-likeness (QED) is 0.553. The third-order valence-electron chi connectivity index (χ3n) is 4.59. The lowest BCUT2D eigenvalue weighted by molar-refractivity contribution is -0.105. The predicted octanol–water partition coefficient (Wildman–Crippen LogP) is 1.99. The van der Waals surface area contributed by atoms with Crippen LogP contribution in [0.2, 0.25) is 0 Å². The molecule has 0 aromatic heterocycles. The van der Waals surface area contributed by atoms with Crippen LogP contribution < -0.4 is 0 Å². The monoisotopic (exact) mass is 250 g/mol. The van der Waals surface area contributed by atoms with E-state index in [0.29, 0.717) is 31.6 Å². The summed E-state index contributed by atoms with van der Waals surface area (Å²) in [6.07, 6.45) is 5.29. The topological polar surface area (TPSA) is 57.5 Å². The molecule has 0 aromatic rings. The summed E-state index contributed by atoms with van der Waals surface area (Å²) in [7, 11) is 0. The molecule has 0 aliphatic heterocycles. The van der Waals surface area contributed by atoms with Gasteiger partial charge < -0.3 is 10.2 Å². The Bertz CT molecular complexity index is 385. The molecule has 0 radical (unpaired) electrons. The molecule has 18 heavy (non-hydrogen) atoms. The first-order chi connectivity index (χ1) is 8.47. The second kappa shape index (κ2) is 4.98. The highest BCUT2D eigenvalue weighted by Gasteiger charge is 2.53. The van der Waals surface area contributed by atoms with Gasteiger partial charge in [-0.15, -0.1) is 0 Å². The molecule has 0 spiro atoms. The predicted molar refractivity (Wildman–Crippen MR) is 70.0 cm³/mol. The Morgan fingerprint density at radius 1 is 1.39 bits per heavy atom. The number of allylic oxidation sites excluding steroid dienone is 2. The lowest BCUT2D eigenvalue weighted by Gasteiger charge is -2.20. The van der Waals surface area contributed by atoms with Crippen molar-refractivity contribution in [2.75, 3.05) is 0 Å². The van der Waals surface area contributed by atoms with E-state index in [1.807, 2.05) is 6.08 Å². The van der Waals surface area contributed by atoms with Crippen LogP contribution in [0.5, 0.6) is 0 Å². The van der Waals surface area contributed by atoms with E-state index >= 15 is 0 Å². The van der Waals surface area contributed by atoms with Crippen LogP contribution in [0.25, 0.3) is 0 Å². The number of aliphatic hydroxyl groups excluding tert-OH is 2. The molecule has 2 N–H and O–H groups in total. The van der Waals surface area contributed by atoms with Crippen molar-refractivity contribution in [3.63, 3.8) is 0 Å².